The van der Waals surface area contributed by atoms with Crippen LogP contribution in [-0.2, 0) is 6.61 Å². The van der Waals surface area contributed by atoms with Crippen LogP contribution in [0.5, 0.6) is 5.75 Å². The SMILES string of the molecule is Cc1ccc(-c2ccccc2)n1-c1ccc(C(=O)N/N=C/c2ccccc2OCc2ccc(Cl)cc2Cl)cc1. The van der Waals surface area contributed by atoms with Gasteiger partial charge in [0.1, 0.15) is 12.4 Å². The van der Waals surface area contributed by atoms with Gasteiger partial charge in [-0.05, 0) is 73.2 Å². The number of ether oxygens (including phenoxy) is 1. The molecular weight excluding hydrogens is 529 g/mol. The van der Waals surface area contributed by atoms with Crippen molar-refractivity contribution in [2.45, 2.75) is 13.5 Å². The van der Waals surface area contributed by atoms with Crippen molar-refractivity contribution < 1.29 is 9.53 Å². The van der Waals surface area contributed by atoms with E-state index in [0.29, 0.717) is 21.4 Å². The van der Waals surface area contributed by atoms with Crippen LogP contribution in [-0.4, -0.2) is 16.7 Å². The van der Waals surface area contributed by atoms with Crippen LogP contribution in [0.2, 0.25) is 10.0 Å². The van der Waals surface area contributed by atoms with Crippen molar-refractivity contribution in [3.63, 3.8) is 0 Å². The van der Waals surface area contributed by atoms with Gasteiger partial charge in [-0.1, -0.05) is 71.7 Å². The van der Waals surface area contributed by atoms with E-state index in [1.807, 2.05) is 60.7 Å². The molecule has 0 atom stereocenters. The Morgan fingerprint density at radius 2 is 1.64 bits per heavy atom. The number of aryl methyl sites for hydroxylation is 1. The molecule has 0 fully saturated rings. The third kappa shape index (κ3) is 6.23. The number of hydrogen-bond donors (Lipinski definition) is 1. The van der Waals surface area contributed by atoms with Crippen LogP contribution in [0, 0.1) is 6.92 Å². The van der Waals surface area contributed by atoms with E-state index in [2.05, 4.69) is 46.3 Å². The summed E-state index contributed by atoms with van der Waals surface area (Å²) in [6.07, 6.45) is 1.56. The maximum Gasteiger partial charge on any atom is 0.271 e. The minimum atomic E-state index is -0.309. The average molecular weight is 554 g/mol. The normalized spacial score (nSPS) is 11.1. The first-order chi connectivity index (χ1) is 19.0. The van der Waals surface area contributed by atoms with Crippen LogP contribution in [0.4, 0.5) is 0 Å². The molecule has 1 amide bonds. The van der Waals surface area contributed by atoms with Crippen LogP contribution in [0.1, 0.15) is 27.2 Å². The molecule has 5 nitrogen and oxygen atoms in total. The highest BCUT2D eigenvalue weighted by molar-refractivity contribution is 6.35. The second-order valence-electron chi connectivity index (χ2n) is 8.87. The number of para-hydroxylation sites is 1. The highest BCUT2D eigenvalue weighted by Gasteiger charge is 2.11. The molecule has 194 valence electrons. The summed E-state index contributed by atoms with van der Waals surface area (Å²) in [7, 11) is 0. The minimum absolute atomic E-state index is 0.270. The third-order valence-electron chi connectivity index (χ3n) is 6.22. The van der Waals surface area contributed by atoms with Gasteiger partial charge >= 0.3 is 0 Å². The highest BCUT2D eigenvalue weighted by Crippen LogP contribution is 2.27. The number of carbonyl (C=O) groups is 1. The van der Waals surface area contributed by atoms with E-state index < -0.39 is 0 Å². The molecule has 5 rings (SSSR count). The fraction of sp³-hybridized carbons (Fsp3) is 0.0625. The lowest BCUT2D eigenvalue weighted by Crippen LogP contribution is -2.17. The molecule has 0 spiro atoms. The maximum atomic E-state index is 12.8. The van der Waals surface area contributed by atoms with Gasteiger partial charge in [0.15, 0.2) is 0 Å². The molecule has 0 aliphatic carbocycles. The van der Waals surface area contributed by atoms with E-state index in [0.717, 1.165) is 33.8 Å². The summed E-state index contributed by atoms with van der Waals surface area (Å²) >= 11 is 12.2. The third-order valence-corrected chi connectivity index (χ3v) is 6.81. The topological polar surface area (TPSA) is 55.6 Å². The lowest BCUT2D eigenvalue weighted by atomic mass is 10.1. The summed E-state index contributed by atoms with van der Waals surface area (Å²) in [5, 5.41) is 5.25. The number of halogens is 2. The van der Waals surface area contributed by atoms with Crippen molar-refractivity contribution >= 4 is 35.3 Å². The van der Waals surface area contributed by atoms with Crippen LogP contribution >= 0.6 is 23.2 Å². The molecule has 39 heavy (non-hydrogen) atoms. The zero-order valence-electron chi connectivity index (χ0n) is 21.1. The van der Waals surface area contributed by atoms with Crippen molar-refractivity contribution in [1.29, 1.82) is 0 Å². The molecule has 0 radical (unpaired) electrons. The van der Waals surface area contributed by atoms with E-state index in [1.165, 1.54) is 0 Å². The molecule has 1 N–H and O–H groups in total. The Balaban J connectivity index is 1.25. The van der Waals surface area contributed by atoms with Crippen molar-refractivity contribution in [3.8, 4) is 22.7 Å². The Morgan fingerprint density at radius 1 is 0.897 bits per heavy atom. The fourth-order valence-corrected chi connectivity index (χ4v) is 4.68. The summed E-state index contributed by atoms with van der Waals surface area (Å²) < 4.78 is 8.12. The first-order valence-electron chi connectivity index (χ1n) is 12.3. The molecule has 1 aromatic heterocycles. The van der Waals surface area contributed by atoms with Gasteiger partial charge in [0.05, 0.1) is 11.9 Å². The molecular formula is C32H25Cl2N3O2. The Kier molecular flexibility index (Phi) is 8.11. The van der Waals surface area contributed by atoms with Gasteiger partial charge < -0.3 is 9.30 Å². The van der Waals surface area contributed by atoms with Crippen LogP contribution in [0.3, 0.4) is 0 Å². The van der Waals surface area contributed by atoms with Crippen molar-refractivity contribution in [2.75, 3.05) is 0 Å². The average Bonchev–Trinajstić information content (AvgIpc) is 3.35. The zero-order valence-corrected chi connectivity index (χ0v) is 22.7. The van der Waals surface area contributed by atoms with Crippen molar-refractivity contribution in [3.05, 3.63) is 142 Å². The molecule has 1 heterocycles. The van der Waals surface area contributed by atoms with Gasteiger partial charge in [-0.2, -0.15) is 5.10 Å². The lowest BCUT2D eigenvalue weighted by Gasteiger charge is -2.13. The summed E-state index contributed by atoms with van der Waals surface area (Å²) in [6.45, 7) is 2.33. The second-order valence-corrected chi connectivity index (χ2v) is 9.71. The smallest absolute Gasteiger partial charge is 0.271 e. The maximum absolute atomic E-state index is 12.8. The van der Waals surface area contributed by atoms with Crippen LogP contribution in [0.15, 0.2) is 114 Å². The summed E-state index contributed by atoms with van der Waals surface area (Å²) in [4.78, 5) is 12.8. The van der Waals surface area contributed by atoms with E-state index >= 15 is 0 Å². The van der Waals surface area contributed by atoms with Gasteiger partial charge in [-0.15, -0.1) is 0 Å². The largest absolute Gasteiger partial charge is 0.488 e. The Morgan fingerprint density at radius 3 is 2.41 bits per heavy atom. The van der Waals surface area contributed by atoms with Gasteiger partial charge in [0, 0.05) is 38.1 Å². The standard InChI is InChI=1S/C32H25Cl2N3O2/c1-22-11-18-30(23-7-3-2-4-8-23)37(22)28-16-13-24(14-17-28)32(38)36-35-20-25-9-5-6-10-31(25)39-21-26-12-15-27(33)19-29(26)34/h2-20H,21H2,1H3,(H,36,38)/b35-20+. The van der Waals surface area contributed by atoms with Crippen LogP contribution < -0.4 is 10.2 Å². The quantitative estimate of drug-likeness (QED) is 0.156. The monoisotopic (exact) mass is 553 g/mol. The molecule has 0 bridgehead atoms. The number of hydrazone groups is 1. The number of carbonyl (C=O) groups excluding carboxylic acids is 1. The first-order valence-corrected chi connectivity index (χ1v) is 13.1. The highest BCUT2D eigenvalue weighted by atomic mass is 35.5. The summed E-state index contributed by atoms with van der Waals surface area (Å²) in [5.74, 6) is 0.304. The van der Waals surface area contributed by atoms with E-state index in [1.54, 1.807) is 30.5 Å². The minimum Gasteiger partial charge on any atom is -0.488 e. The fourth-order valence-electron chi connectivity index (χ4n) is 4.22. The van der Waals surface area contributed by atoms with Crippen LogP contribution in [0.25, 0.3) is 16.9 Å². The van der Waals surface area contributed by atoms with Gasteiger partial charge in [0.25, 0.3) is 5.91 Å². The molecule has 4 aromatic carbocycles. The van der Waals surface area contributed by atoms with Gasteiger partial charge in [-0.3, -0.25) is 4.79 Å². The molecule has 0 aliphatic heterocycles. The molecule has 7 heteroatoms. The Hall–Kier alpha value is -4.32. The molecule has 0 saturated carbocycles. The van der Waals surface area contributed by atoms with E-state index in [-0.39, 0.29) is 12.5 Å². The second kappa shape index (κ2) is 12.0. The lowest BCUT2D eigenvalue weighted by molar-refractivity contribution is 0.0955. The number of benzene rings is 4. The predicted molar refractivity (Wildman–Crippen MR) is 158 cm³/mol. The Bertz CT molecular complexity index is 1630. The molecule has 0 saturated heterocycles. The first kappa shape index (κ1) is 26.3. The number of hydrogen-bond acceptors (Lipinski definition) is 3. The molecule has 0 aliphatic rings. The predicted octanol–water partition coefficient (Wildman–Crippen LogP) is 8.10. The van der Waals surface area contributed by atoms with E-state index in [9.17, 15) is 4.79 Å². The zero-order chi connectivity index (χ0) is 27.2. The number of aromatic nitrogens is 1. The van der Waals surface area contributed by atoms with Crippen molar-refractivity contribution in [2.24, 2.45) is 5.10 Å². The van der Waals surface area contributed by atoms with Gasteiger partial charge in [0.2, 0.25) is 0 Å². The Labute approximate surface area is 237 Å². The molecule has 5 aromatic rings. The van der Waals surface area contributed by atoms with E-state index in [4.69, 9.17) is 27.9 Å². The summed E-state index contributed by atoms with van der Waals surface area (Å²) in [6, 6.07) is 34.6. The number of nitrogens with zero attached hydrogens (tertiary/aromatic N) is 2. The number of amides is 1. The van der Waals surface area contributed by atoms with Gasteiger partial charge in [-0.25, -0.2) is 5.43 Å². The summed E-state index contributed by atoms with van der Waals surface area (Å²) in [5.41, 5.74) is 8.94. The number of nitrogens with one attached hydrogen (secondary N) is 1. The molecule has 0 unspecified atom stereocenters. The van der Waals surface area contributed by atoms with Crippen molar-refractivity contribution in [1.82, 2.24) is 9.99 Å². The number of rotatable bonds is 8.